The fourth-order valence-corrected chi connectivity index (χ4v) is 3.37. The first-order valence-electron chi connectivity index (χ1n) is 10.9. The van der Waals surface area contributed by atoms with Gasteiger partial charge in [-0.05, 0) is 73.5 Å². The van der Waals surface area contributed by atoms with E-state index in [0.717, 1.165) is 28.2 Å². The number of rotatable bonds is 7. The van der Waals surface area contributed by atoms with Crippen molar-refractivity contribution in [3.05, 3.63) is 107 Å². The zero-order valence-electron chi connectivity index (χ0n) is 19.6. The van der Waals surface area contributed by atoms with E-state index in [1.807, 2.05) is 43.9 Å². The third kappa shape index (κ3) is 6.54. The van der Waals surface area contributed by atoms with Crippen molar-refractivity contribution in [2.24, 2.45) is 0 Å². The Hall–Kier alpha value is -3.91. The molecule has 0 aliphatic rings. The number of carbonyl (C=O) groups excluding carboxylic acids is 1. The van der Waals surface area contributed by atoms with E-state index in [9.17, 15) is 14.4 Å². The summed E-state index contributed by atoms with van der Waals surface area (Å²) in [5.74, 6) is -0.693. The molecule has 0 radical (unpaired) electrons. The second kappa shape index (κ2) is 12.2. The number of nitrogens with zero attached hydrogens (tertiary/aromatic N) is 2. The molecule has 0 unspecified atom stereocenters. The van der Waals surface area contributed by atoms with Crippen LogP contribution in [0.15, 0.2) is 79.0 Å². The molecule has 4 nitrogen and oxygen atoms in total. The van der Waals surface area contributed by atoms with Crippen molar-refractivity contribution in [1.29, 1.82) is 5.26 Å². The Morgan fingerprint density at radius 3 is 2.39 bits per heavy atom. The first-order valence-corrected chi connectivity index (χ1v) is 10.9. The Balaban J connectivity index is 0.00000187. The van der Waals surface area contributed by atoms with E-state index in [1.165, 1.54) is 12.1 Å². The van der Waals surface area contributed by atoms with Crippen LogP contribution in [0.25, 0.3) is 0 Å². The lowest BCUT2D eigenvalue weighted by Gasteiger charge is -2.29. The van der Waals surface area contributed by atoms with Crippen LogP contribution in [0, 0.1) is 24.1 Å². The van der Waals surface area contributed by atoms with Gasteiger partial charge in [0.15, 0.2) is 0 Å². The molecule has 5 heteroatoms. The van der Waals surface area contributed by atoms with Crippen molar-refractivity contribution >= 4 is 17.3 Å². The highest BCUT2D eigenvalue weighted by Gasteiger charge is 2.18. The molecule has 0 heterocycles. The van der Waals surface area contributed by atoms with E-state index >= 15 is 0 Å². The summed E-state index contributed by atoms with van der Waals surface area (Å²) in [5, 5.41) is 9.22. The Kier molecular flexibility index (Phi) is 9.38. The number of anilines is 2. The molecule has 3 aromatic rings. The summed E-state index contributed by atoms with van der Waals surface area (Å²) >= 11 is 0. The van der Waals surface area contributed by atoms with E-state index in [-0.39, 0.29) is 5.82 Å². The molecule has 3 aromatic carbocycles. The van der Waals surface area contributed by atoms with Crippen molar-refractivity contribution in [3.63, 3.8) is 0 Å². The number of esters is 1. The van der Waals surface area contributed by atoms with Gasteiger partial charge in [0.1, 0.15) is 5.82 Å². The molecular weight excluding hydrogens is 415 g/mol. The molecule has 0 N–H and O–H groups in total. The van der Waals surface area contributed by atoms with Crippen LogP contribution in [0.4, 0.5) is 15.8 Å². The minimum atomic E-state index is -0.398. The predicted molar refractivity (Wildman–Crippen MR) is 131 cm³/mol. The molecule has 0 bridgehead atoms. The number of nitriles is 1. The van der Waals surface area contributed by atoms with Gasteiger partial charge in [-0.25, -0.2) is 9.18 Å². The Morgan fingerprint density at radius 2 is 1.79 bits per heavy atom. The van der Waals surface area contributed by atoms with Crippen molar-refractivity contribution in [2.45, 2.75) is 34.1 Å². The fourth-order valence-electron chi connectivity index (χ4n) is 3.37. The van der Waals surface area contributed by atoms with Crippen molar-refractivity contribution in [1.82, 2.24) is 0 Å². The fraction of sp³-hybridized carbons (Fsp3) is 0.214. The van der Waals surface area contributed by atoms with E-state index < -0.39 is 5.97 Å². The number of ether oxygens (including phenoxy) is 1. The number of carbonyl (C=O) groups is 1. The maximum Gasteiger partial charge on any atom is 0.338 e. The second-order valence-corrected chi connectivity index (χ2v) is 7.09. The number of halogens is 1. The van der Waals surface area contributed by atoms with Crippen molar-refractivity contribution in [2.75, 3.05) is 11.5 Å². The highest BCUT2D eigenvalue weighted by Crippen LogP contribution is 2.34. The third-order valence-electron chi connectivity index (χ3n) is 4.82. The summed E-state index contributed by atoms with van der Waals surface area (Å²) in [6.07, 6.45) is 0.476. The van der Waals surface area contributed by atoms with Gasteiger partial charge in [0.05, 0.1) is 23.8 Å². The Labute approximate surface area is 195 Å². The van der Waals surface area contributed by atoms with Gasteiger partial charge in [-0.2, -0.15) is 5.26 Å². The molecule has 0 fully saturated rings. The van der Waals surface area contributed by atoms with Gasteiger partial charge in [0.25, 0.3) is 0 Å². The molecule has 0 saturated heterocycles. The van der Waals surface area contributed by atoms with Crippen LogP contribution in [0.3, 0.4) is 0 Å². The number of allylic oxidation sites excluding steroid dienone is 1. The van der Waals surface area contributed by atoms with E-state index in [0.29, 0.717) is 24.2 Å². The Morgan fingerprint density at radius 1 is 1.09 bits per heavy atom. The highest BCUT2D eigenvalue weighted by atomic mass is 19.1. The van der Waals surface area contributed by atoms with Gasteiger partial charge < -0.3 is 9.64 Å². The molecule has 0 saturated carbocycles. The summed E-state index contributed by atoms with van der Waals surface area (Å²) in [6.45, 7) is 12.2. The lowest BCUT2D eigenvalue weighted by atomic mass is 10.0. The molecule has 0 spiro atoms. The molecule has 0 aromatic heterocycles. The zero-order valence-corrected chi connectivity index (χ0v) is 19.6. The monoisotopic (exact) mass is 444 g/mol. The summed E-state index contributed by atoms with van der Waals surface area (Å²) in [6, 6.07) is 21.0. The lowest BCUT2D eigenvalue weighted by Crippen LogP contribution is -2.19. The smallest absolute Gasteiger partial charge is 0.338 e. The first-order chi connectivity index (χ1) is 15.9. The molecule has 33 heavy (non-hydrogen) atoms. The quantitative estimate of drug-likeness (QED) is 0.365. The van der Waals surface area contributed by atoms with Gasteiger partial charge in [-0.3, -0.25) is 0 Å². The van der Waals surface area contributed by atoms with E-state index in [1.54, 1.807) is 43.3 Å². The van der Waals surface area contributed by atoms with Gasteiger partial charge in [-0.1, -0.05) is 38.6 Å². The van der Waals surface area contributed by atoms with Crippen LogP contribution in [-0.4, -0.2) is 12.6 Å². The number of aryl methyl sites for hydroxylation is 1. The van der Waals surface area contributed by atoms with E-state index in [2.05, 4.69) is 12.6 Å². The highest BCUT2D eigenvalue weighted by molar-refractivity contribution is 5.91. The maximum atomic E-state index is 13.3. The maximum absolute atomic E-state index is 13.3. The molecule has 3 rings (SSSR count). The van der Waals surface area contributed by atoms with E-state index in [4.69, 9.17) is 4.74 Å². The van der Waals surface area contributed by atoms with Gasteiger partial charge in [0.2, 0.25) is 0 Å². The summed E-state index contributed by atoms with van der Waals surface area (Å²) in [5.41, 5.74) is 5.11. The van der Waals surface area contributed by atoms with Crippen molar-refractivity contribution < 1.29 is 13.9 Å². The van der Waals surface area contributed by atoms with Crippen LogP contribution in [-0.2, 0) is 11.2 Å². The molecule has 0 aliphatic carbocycles. The van der Waals surface area contributed by atoms with Gasteiger partial charge in [0, 0.05) is 23.5 Å². The topological polar surface area (TPSA) is 53.3 Å². The Bertz CT molecular complexity index is 1150. The molecule has 0 amide bonds. The third-order valence-corrected chi connectivity index (χ3v) is 4.82. The minimum absolute atomic E-state index is 0.290. The van der Waals surface area contributed by atoms with Crippen molar-refractivity contribution in [3.8, 4) is 6.07 Å². The summed E-state index contributed by atoms with van der Waals surface area (Å²) in [7, 11) is 0. The molecule has 0 atom stereocenters. The van der Waals surface area contributed by atoms with Gasteiger partial charge >= 0.3 is 5.97 Å². The average molecular weight is 445 g/mol. The first kappa shape index (κ1) is 25.4. The normalized spacial score (nSPS) is 9.82. The van der Waals surface area contributed by atoms with Crippen LogP contribution < -0.4 is 4.90 Å². The number of benzene rings is 3. The lowest BCUT2D eigenvalue weighted by molar-refractivity contribution is 0.0526. The van der Waals surface area contributed by atoms with Gasteiger partial charge in [-0.15, -0.1) is 0 Å². The predicted octanol–water partition coefficient (Wildman–Crippen LogP) is 7.10. The minimum Gasteiger partial charge on any atom is -0.462 e. The SMILES string of the molecule is C=C(Cc1ccc(F)cc1)N(c1cccc(C(=O)OCC)c1)c1ccc(C#N)cc1C.CC. The average Bonchev–Trinajstić information content (AvgIpc) is 2.83. The molecular formula is C28H29FN2O2. The number of hydrogen-bond donors (Lipinski definition) is 0. The standard InChI is InChI=1S/C26H23FN2O2.C2H6/c1-4-31-26(30)22-6-5-7-24(16-22)29(25-13-10-21(17-28)14-18(25)2)19(3)15-20-8-11-23(27)12-9-20;1-2/h5-14,16H,3-4,15H2,1-2H3;1-2H3. The van der Waals surface area contributed by atoms with Crippen LogP contribution in [0.5, 0.6) is 0 Å². The summed E-state index contributed by atoms with van der Waals surface area (Å²) in [4.78, 5) is 14.2. The number of hydrogen-bond acceptors (Lipinski definition) is 4. The second-order valence-electron chi connectivity index (χ2n) is 7.09. The largest absolute Gasteiger partial charge is 0.462 e. The van der Waals surface area contributed by atoms with Crippen LogP contribution in [0.1, 0.15) is 47.8 Å². The van der Waals surface area contributed by atoms with Crippen LogP contribution >= 0.6 is 0 Å². The summed E-state index contributed by atoms with van der Waals surface area (Å²) < 4.78 is 18.5. The molecule has 170 valence electrons. The molecule has 0 aliphatic heterocycles. The zero-order chi connectivity index (χ0) is 24.4. The van der Waals surface area contributed by atoms with Crippen LogP contribution in [0.2, 0.25) is 0 Å².